The molecule has 1 heterocycles. The number of hydrogen-bond donors (Lipinski definition) is 1. The van der Waals surface area contributed by atoms with E-state index in [1.807, 2.05) is 24.3 Å². The van der Waals surface area contributed by atoms with Crippen LogP contribution in [0.15, 0.2) is 24.3 Å². The number of nitrogens with one attached hydrogen (secondary N) is 1. The summed E-state index contributed by atoms with van der Waals surface area (Å²) in [5.74, 6) is 0. The van der Waals surface area contributed by atoms with Gasteiger partial charge in [0.15, 0.2) is 0 Å². The van der Waals surface area contributed by atoms with E-state index < -0.39 is 0 Å². The minimum atomic E-state index is -0.0964. The van der Waals surface area contributed by atoms with Gasteiger partial charge in [0, 0.05) is 6.54 Å². The highest BCUT2D eigenvalue weighted by Gasteiger charge is 2.27. The van der Waals surface area contributed by atoms with Gasteiger partial charge in [-0.15, -0.1) is 0 Å². The normalized spacial score (nSPS) is 24.2. The molecule has 0 amide bonds. The molecule has 1 aromatic carbocycles. The van der Waals surface area contributed by atoms with Crippen molar-refractivity contribution in [2.45, 2.75) is 32.0 Å². The van der Waals surface area contributed by atoms with Crippen molar-refractivity contribution in [1.82, 2.24) is 5.32 Å². The lowest BCUT2D eigenvalue weighted by molar-refractivity contribution is -0.0572. The predicted molar refractivity (Wildman–Crippen MR) is 66.5 cm³/mol. The first-order valence-electron chi connectivity index (χ1n) is 6.06. The molecule has 0 spiro atoms. The zero-order chi connectivity index (χ0) is 12.1. The topological polar surface area (TPSA) is 45.0 Å². The molecule has 0 aliphatic carbocycles. The summed E-state index contributed by atoms with van der Waals surface area (Å²) in [5.41, 5.74) is 1.59. The lowest BCUT2D eigenvalue weighted by Gasteiger charge is -2.34. The summed E-state index contributed by atoms with van der Waals surface area (Å²) < 4.78 is 5.99. The van der Waals surface area contributed by atoms with Crippen LogP contribution in [0.3, 0.4) is 0 Å². The molecule has 3 heteroatoms. The molecule has 90 valence electrons. The average Bonchev–Trinajstić information content (AvgIpc) is 2.38. The van der Waals surface area contributed by atoms with Crippen LogP contribution in [0, 0.1) is 11.3 Å². The molecule has 1 N–H and O–H groups in total. The molecule has 17 heavy (non-hydrogen) atoms. The van der Waals surface area contributed by atoms with Crippen LogP contribution in [0.5, 0.6) is 0 Å². The molecular weight excluding hydrogens is 212 g/mol. The number of hydrogen-bond acceptors (Lipinski definition) is 3. The summed E-state index contributed by atoms with van der Waals surface area (Å²) >= 11 is 0. The molecule has 0 bridgehead atoms. The second-order valence-corrected chi connectivity index (χ2v) is 4.79. The Labute approximate surface area is 102 Å². The van der Waals surface area contributed by atoms with Crippen molar-refractivity contribution >= 4 is 0 Å². The molecule has 0 aromatic heterocycles. The van der Waals surface area contributed by atoms with Crippen molar-refractivity contribution in [3.63, 3.8) is 0 Å². The van der Waals surface area contributed by atoms with Crippen molar-refractivity contribution < 1.29 is 4.74 Å². The van der Waals surface area contributed by atoms with Crippen molar-refractivity contribution in [2.75, 3.05) is 13.1 Å². The van der Waals surface area contributed by atoms with E-state index in [0.29, 0.717) is 12.2 Å². The molecule has 1 saturated heterocycles. The number of piperidine rings is 1. The van der Waals surface area contributed by atoms with E-state index in [1.165, 1.54) is 0 Å². The van der Waals surface area contributed by atoms with Crippen LogP contribution in [0.2, 0.25) is 0 Å². The Morgan fingerprint density at radius 1 is 1.47 bits per heavy atom. The van der Waals surface area contributed by atoms with Gasteiger partial charge in [0.05, 0.1) is 23.8 Å². The molecule has 1 unspecified atom stereocenters. The van der Waals surface area contributed by atoms with Gasteiger partial charge in [-0.05, 0) is 37.9 Å². The molecule has 0 saturated carbocycles. The van der Waals surface area contributed by atoms with E-state index in [1.54, 1.807) is 0 Å². The highest BCUT2D eigenvalue weighted by molar-refractivity contribution is 5.36. The fourth-order valence-corrected chi connectivity index (χ4v) is 2.16. The Bertz CT molecular complexity index is 416. The van der Waals surface area contributed by atoms with Crippen molar-refractivity contribution in [3.8, 4) is 6.07 Å². The standard InChI is InChI=1S/C14H18N2O/c1-14(7-4-8-16-11-14)17-10-13-6-3-2-5-12(13)9-15/h2-3,5-6,16H,4,7-8,10-11H2,1H3. The largest absolute Gasteiger partial charge is 0.369 e. The molecule has 1 aromatic rings. The maximum absolute atomic E-state index is 9.00. The first kappa shape index (κ1) is 12.1. The molecule has 3 nitrogen and oxygen atoms in total. The van der Waals surface area contributed by atoms with Gasteiger partial charge < -0.3 is 10.1 Å². The third-order valence-corrected chi connectivity index (χ3v) is 3.27. The quantitative estimate of drug-likeness (QED) is 0.866. The van der Waals surface area contributed by atoms with Crippen molar-refractivity contribution in [3.05, 3.63) is 35.4 Å². The fourth-order valence-electron chi connectivity index (χ4n) is 2.16. The first-order chi connectivity index (χ1) is 8.23. The summed E-state index contributed by atoms with van der Waals surface area (Å²) in [6, 6.07) is 9.82. The Morgan fingerprint density at radius 2 is 2.29 bits per heavy atom. The van der Waals surface area contributed by atoms with E-state index in [4.69, 9.17) is 10.00 Å². The van der Waals surface area contributed by atoms with Gasteiger partial charge in [0.2, 0.25) is 0 Å². The summed E-state index contributed by atoms with van der Waals surface area (Å²) in [7, 11) is 0. The zero-order valence-electron chi connectivity index (χ0n) is 10.2. The Kier molecular flexibility index (Phi) is 3.78. The third-order valence-electron chi connectivity index (χ3n) is 3.27. The lowest BCUT2D eigenvalue weighted by Crippen LogP contribution is -2.45. The van der Waals surface area contributed by atoms with Crippen LogP contribution in [0.1, 0.15) is 30.9 Å². The van der Waals surface area contributed by atoms with Gasteiger partial charge in [0.1, 0.15) is 0 Å². The number of nitrogens with zero attached hydrogens (tertiary/aromatic N) is 1. The molecule has 1 atom stereocenters. The SMILES string of the molecule is CC1(OCc2ccccc2C#N)CCCNC1. The molecule has 1 fully saturated rings. The van der Waals surface area contributed by atoms with Gasteiger partial charge in [-0.2, -0.15) is 5.26 Å². The van der Waals surface area contributed by atoms with Crippen LogP contribution in [0.4, 0.5) is 0 Å². The predicted octanol–water partition coefficient (Wildman–Crippen LogP) is 2.22. The van der Waals surface area contributed by atoms with Gasteiger partial charge in [-0.1, -0.05) is 18.2 Å². The minimum absolute atomic E-state index is 0.0964. The maximum Gasteiger partial charge on any atom is 0.0995 e. The van der Waals surface area contributed by atoms with Gasteiger partial charge in [-0.3, -0.25) is 0 Å². The van der Waals surface area contributed by atoms with Crippen LogP contribution >= 0.6 is 0 Å². The number of ether oxygens (including phenoxy) is 1. The second-order valence-electron chi connectivity index (χ2n) is 4.79. The molecule has 1 aliphatic heterocycles. The van der Waals surface area contributed by atoms with E-state index in [-0.39, 0.29) is 5.60 Å². The van der Waals surface area contributed by atoms with Gasteiger partial charge >= 0.3 is 0 Å². The third kappa shape index (κ3) is 3.06. The fraction of sp³-hybridized carbons (Fsp3) is 0.500. The van der Waals surface area contributed by atoms with Crippen LogP contribution in [-0.4, -0.2) is 18.7 Å². The van der Waals surface area contributed by atoms with Crippen molar-refractivity contribution in [2.24, 2.45) is 0 Å². The number of nitriles is 1. The summed E-state index contributed by atoms with van der Waals surface area (Å²) in [6.07, 6.45) is 2.23. The zero-order valence-corrected chi connectivity index (χ0v) is 10.2. The summed E-state index contributed by atoms with van der Waals surface area (Å²) in [5, 5.41) is 12.4. The minimum Gasteiger partial charge on any atom is -0.369 e. The summed E-state index contributed by atoms with van der Waals surface area (Å²) in [4.78, 5) is 0. The lowest BCUT2D eigenvalue weighted by atomic mass is 9.96. The van der Waals surface area contributed by atoms with Gasteiger partial charge in [0.25, 0.3) is 0 Å². The van der Waals surface area contributed by atoms with Crippen molar-refractivity contribution in [1.29, 1.82) is 5.26 Å². The highest BCUT2D eigenvalue weighted by atomic mass is 16.5. The highest BCUT2D eigenvalue weighted by Crippen LogP contribution is 2.22. The second kappa shape index (κ2) is 5.31. The molecule has 0 radical (unpaired) electrons. The Hall–Kier alpha value is -1.37. The molecule has 2 rings (SSSR count). The van der Waals surface area contributed by atoms with Crippen LogP contribution < -0.4 is 5.32 Å². The first-order valence-corrected chi connectivity index (χ1v) is 6.06. The number of rotatable bonds is 3. The van der Waals surface area contributed by atoms with Crippen LogP contribution in [0.25, 0.3) is 0 Å². The maximum atomic E-state index is 9.00. The number of benzene rings is 1. The summed E-state index contributed by atoms with van der Waals surface area (Å²) in [6.45, 7) is 4.62. The Balaban J connectivity index is 2.00. The molecular formula is C14H18N2O. The smallest absolute Gasteiger partial charge is 0.0995 e. The average molecular weight is 230 g/mol. The van der Waals surface area contributed by atoms with E-state index in [9.17, 15) is 0 Å². The molecule has 1 aliphatic rings. The van der Waals surface area contributed by atoms with Gasteiger partial charge in [-0.25, -0.2) is 0 Å². The Morgan fingerprint density at radius 3 is 3.00 bits per heavy atom. The van der Waals surface area contributed by atoms with E-state index >= 15 is 0 Å². The van der Waals surface area contributed by atoms with Crippen LogP contribution in [-0.2, 0) is 11.3 Å². The monoisotopic (exact) mass is 230 g/mol. The van der Waals surface area contributed by atoms with E-state index in [0.717, 1.165) is 31.5 Å². The van der Waals surface area contributed by atoms with E-state index in [2.05, 4.69) is 18.3 Å².